The number of nitrogens with one attached hydrogen (secondary N) is 1. The van der Waals surface area contributed by atoms with E-state index in [-0.39, 0.29) is 22.3 Å². The van der Waals surface area contributed by atoms with Gasteiger partial charge in [-0.15, -0.1) is 5.10 Å². The van der Waals surface area contributed by atoms with Crippen molar-refractivity contribution in [3.63, 3.8) is 0 Å². The normalized spacial score (nSPS) is 14.8. The van der Waals surface area contributed by atoms with Crippen molar-refractivity contribution in [2.45, 2.75) is 51.6 Å². The third kappa shape index (κ3) is 4.91. The van der Waals surface area contributed by atoms with Crippen molar-refractivity contribution in [2.75, 3.05) is 4.90 Å². The molecule has 1 aliphatic carbocycles. The van der Waals surface area contributed by atoms with E-state index >= 15 is 4.39 Å². The Morgan fingerprint density at radius 3 is 2.64 bits per heavy atom. The molecule has 6 nitrogen and oxygen atoms in total. The summed E-state index contributed by atoms with van der Waals surface area (Å²) in [6.45, 7) is 3.73. The number of amides is 2. The molecule has 33 heavy (non-hydrogen) atoms. The van der Waals surface area contributed by atoms with Crippen LogP contribution in [0, 0.1) is 19.7 Å². The maximum Gasteiger partial charge on any atom is 0.280 e. The molecule has 3 aromatic rings. The van der Waals surface area contributed by atoms with Gasteiger partial charge in [0.1, 0.15) is 11.9 Å². The van der Waals surface area contributed by atoms with Crippen molar-refractivity contribution in [2.24, 2.45) is 0 Å². The first-order valence-electron chi connectivity index (χ1n) is 10.8. The number of anilines is 1. The van der Waals surface area contributed by atoms with Crippen LogP contribution in [0.4, 0.5) is 10.1 Å². The molecule has 2 aromatic carbocycles. The Balaban J connectivity index is 1.91. The van der Waals surface area contributed by atoms with Crippen LogP contribution in [0.25, 0.3) is 0 Å². The highest BCUT2D eigenvalue weighted by Crippen LogP contribution is 2.37. The third-order valence-corrected chi connectivity index (χ3v) is 6.74. The molecule has 1 fully saturated rings. The van der Waals surface area contributed by atoms with Crippen LogP contribution in [0.1, 0.15) is 58.9 Å². The Morgan fingerprint density at radius 2 is 1.97 bits per heavy atom. The molecule has 0 spiro atoms. The number of benzene rings is 2. The highest BCUT2D eigenvalue weighted by molar-refractivity contribution is 7.03. The summed E-state index contributed by atoms with van der Waals surface area (Å²) in [4.78, 5) is 28.8. The quantitative estimate of drug-likeness (QED) is 0.506. The van der Waals surface area contributed by atoms with Crippen molar-refractivity contribution in [1.29, 1.82) is 0 Å². The van der Waals surface area contributed by atoms with Gasteiger partial charge in [-0.05, 0) is 67.5 Å². The summed E-state index contributed by atoms with van der Waals surface area (Å²) in [5.41, 5.74) is 2.15. The van der Waals surface area contributed by atoms with Crippen LogP contribution < -0.4 is 10.2 Å². The minimum atomic E-state index is -1.32. The first-order chi connectivity index (χ1) is 15.9. The molecule has 2 amide bonds. The largest absolute Gasteiger partial charge is 0.351 e. The predicted molar refractivity (Wildman–Crippen MR) is 127 cm³/mol. The Hall–Kier alpha value is -2.84. The lowest BCUT2D eigenvalue weighted by atomic mass is 9.99. The number of hydrogen-bond donors (Lipinski definition) is 1. The van der Waals surface area contributed by atoms with Crippen LogP contribution in [-0.4, -0.2) is 27.4 Å². The zero-order valence-corrected chi connectivity index (χ0v) is 19.9. The van der Waals surface area contributed by atoms with Crippen LogP contribution in [0.3, 0.4) is 0 Å². The summed E-state index contributed by atoms with van der Waals surface area (Å²) < 4.78 is 19.0. The molecule has 1 aliphatic rings. The Kier molecular flexibility index (Phi) is 7.05. The summed E-state index contributed by atoms with van der Waals surface area (Å²) in [5.74, 6) is -1.69. The number of rotatable bonds is 6. The summed E-state index contributed by atoms with van der Waals surface area (Å²) in [5, 5.41) is 8.52. The van der Waals surface area contributed by atoms with Gasteiger partial charge in [-0.1, -0.05) is 47.1 Å². The van der Waals surface area contributed by atoms with Gasteiger partial charge in [-0.25, -0.2) is 4.39 Å². The standard InChI is InChI=1S/C24H24ClFN4O2S/c1-14-10-11-15(2)20(12-14)30(24(32)19-13-33-29-28-19)22(21-17(25)8-5-9-18(21)26)23(31)27-16-6-3-4-7-16/h5,8-13,16,22H,3-4,6-7H2,1-2H3,(H,27,31). The number of nitrogens with zero attached hydrogens (tertiary/aromatic N) is 3. The number of hydrogen-bond acceptors (Lipinski definition) is 5. The molecular formula is C24H24ClFN4O2S. The number of aryl methyl sites for hydroxylation is 2. The average Bonchev–Trinajstić information content (AvgIpc) is 3.49. The van der Waals surface area contributed by atoms with Crippen molar-refractivity contribution in [3.05, 3.63) is 75.0 Å². The van der Waals surface area contributed by atoms with E-state index in [1.807, 2.05) is 26.0 Å². The van der Waals surface area contributed by atoms with E-state index < -0.39 is 23.7 Å². The fourth-order valence-electron chi connectivity index (χ4n) is 4.23. The van der Waals surface area contributed by atoms with E-state index in [1.54, 1.807) is 6.07 Å². The van der Waals surface area contributed by atoms with Gasteiger partial charge < -0.3 is 5.32 Å². The number of carbonyl (C=O) groups is 2. The van der Waals surface area contributed by atoms with E-state index in [0.29, 0.717) is 5.69 Å². The molecule has 172 valence electrons. The second-order valence-electron chi connectivity index (χ2n) is 8.28. The van der Waals surface area contributed by atoms with Crippen LogP contribution in [0.5, 0.6) is 0 Å². The predicted octanol–water partition coefficient (Wildman–Crippen LogP) is 5.39. The van der Waals surface area contributed by atoms with Gasteiger partial charge >= 0.3 is 0 Å². The maximum absolute atomic E-state index is 15.2. The van der Waals surface area contributed by atoms with Gasteiger partial charge in [0.05, 0.1) is 0 Å². The molecule has 1 heterocycles. The second kappa shape index (κ2) is 9.97. The number of halogens is 2. The average molecular weight is 487 g/mol. The first-order valence-corrected chi connectivity index (χ1v) is 12.0. The molecule has 1 atom stereocenters. The Bertz CT molecular complexity index is 1150. The summed E-state index contributed by atoms with van der Waals surface area (Å²) >= 11 is 7.46. The Morgan fingerprint density at radius 1 is 1.21 bits per heavy atom. The van der Waals surface area contributed by atoms with Gasteiger partial charge in [0, 0.05) is 27.7 Å². The highest BCUT2D eigenvalue weighted by atomic mass is 35.5. The van der Waals surface area contributed by atoms with E-state index in [4.69, 9.17) is 11.6 Å². The third-order valence-electron chi connectivity index (χ3n) is 5.90. The zero-order chi connectivity index (χ0) is 23.5. The minimum absolute atomic E-state index is 0.0259. The maximum atomic E-state index is 15.2. The fraction of sp³-hybridized carbons (Fsp3) is 0.333. The van der Waals surface area contributed by atoms with Gasteiger partial charge in [0.15, 0.2) is 5.69 Å². The lowest BCUT2D eigenvalue weighted by Gasteiger charge is -2.33. The van der Waals surface area contributed by atoms with Crippen LogP contribution in [-0.2, 0) is 4.79 Å². The van der Waals surface area contributed by atoms with Gasteiger partial charge in [0.25, 0.3) is 5.91 Å². The second-order valence-corrected chi connectivity index (χ2v) is 9.30. The van der Waals surface area contributed by atoms with Gasteiger partial charge in [-0.3, -0.25) is 14.5 Å². The van der Waals surface area contributed by atoms with Crippen LogP contribution >= 0.6 is 23.1 Å². The Labute approximate surface area is 200 Å². The lowest BCUT2D eigenvalue weighted by molar-refractivity contribution is -0.123. The summed E-state index contributed by atoms with van der Waals surface area (Å²) in [6.07, 6.45) is 3.72. The molecule has 1 aromatic heterocycles. The zero-order valence-electron chi connectivity index (χ0n) is 18.3. The van der Waals surface area contributed by atoms with E-state index in [9.17, 15) is 9.59 Å². The summed E-state index contributed by atoms with van der Waals surface area (Å²) in [6, 6.07) is 8.46. The van der Waals surface area contributed by atoms with Crippen molar-refractivity contribution >= 4 is 40.6 Å². The van der Waals surface area contributed by atoms with Crippen molar-refractivity contribution in [1.82, 2.24) is 14.9 Å². The lowest BCUT2D eigenvalue weighted by Crippen LogP contribution is -2.47. The molecule has 9 heteroatoms. The molecule has 0 radical (unpaired) electrons. The smallest absolute Gasteiger partial charge is 0.280 e. The van der Waals surface area contributed by atoms with Crippen molar-refractivity contribution < 1.29 is 14.0 Å². The molecular weight excluding hydrogens is 463 g/mol. The first kappa shape index (κ1) is 23.3. The van der Waals surface area contributed by atoms with Gasteiger partial charge in [0.2, 0.25) is 5.91 Å². The topological polar surface area (TPSA) is 75.2 Å². The number of carbonyl (C=O) groups excluding carboxylic acids is 2. The van der Waals surface area contributed by atoms with E-state index in [1.165, 1.54) is 28.5 Å². The molecule has 1 unspecified atom stereocenters. The molecule has 0 aliphatic heterocycles. The SMILES string of the molecule is Cc1ccc(C)c(N(C(=O)c2csnn2)C(C(=O)NC2CCCC2)c2c(F)cccc2Cl)c1. The highest BCUT2D eigenvalue weighted by Gasteiger charge is 2.39. The molecule has 0 saturated heterocycles. The van der Waals surface area contributed by atoms with Crippen LogP contribution in [0.15, 0.2) is 41.8 Å². The van der Waals surface area contributed by atoms with E-state index in [2.05, 4.69) is 14.9 Å². The minimum Gasteiger partial charge on any atom is -0.351 e. The monoisotopic (exact) mass is 486 g/mol. The van der Waals surface area contributed by atoms with Crippen LogP contribution in [0.2, 0.25) is 5.02 Å². The van der Waals surface area contributed by atoms with Crippen molar-refractivity contribution in [3.8, 4) is 0 Å². The number of aromatic nitrogens is 2. The van der Waals surface area contributed by atoms with Gasteiger partial charge in [-0.2, -0.15) is 0 Å². The molecule has 0 bridgehead atoms. The fourth-order valence-corrected chi connectivity index (χ4v) is 4.92. The van der Waals surface area contributed by atoms with E-state index in [0.717, 1.165) is 48.3 Å². The molecule has 1 N–H and O–H groups in total. The summed E-state index contributed by atoms with van der Waals surface area (Å²) in [7, 11) is 0. The molecule has 4 rings (SSSR count). The molecule has 1 saturated carbocycles.